The minimum Gasteiger partial charge on any atom is -0.452 e. The maximum atomic E-state index is 13.8. The molecule has 0 bridgehead atoms. The molecule has 1 aromatic rings. The van der Waals surface area contributed by atoms with Crippen LogP contribution in [0.25, 0.3) is 0 Å². The summed E-state index contributed by atoms with van der Waals surface area (Å²) in [5.41, 5.74) is 0.134. The number of amides is 2. The van der Waals surface area contributed by atoms with Crippen LogP contribution in [0, 0.1) is 11.7 Å². The van der Waals surface area contributed by atoms with Gasteiger partial charge in [-0.1, -0.05) is 18.2 Å². The Bertz CT molecular complexity index is 662. The zero-order chi connectivity index (χ0) is 17.7. The molecule has 24 heavy (non-hydrogen) atoms. The molecule has 2 atom stereocenters. The lowest BCUT2D eigenvalue weighted by atomic mass is 10.1. The molecular formula is C17H19FN2O4. The van der Waals surface area contributed by atoms with Gasteiger partial charge in [0.2, 0.25) is 5.91 Å². The molecule has 2 amide bonds. The van der Waals surface area contributed by atoms with Crippen molar-refractivity contribution in [2.24, 2.45) is 5.92 Å². The van der Waals surface area contributed by atoms with Crippen LogP contribution in [0.3, 0.4) is 0 Å². The van der Waals surface area contributed by atoms with E-state index in [9.17, 15) is 18.8 Å². The zero-order valence-corrected chi connectivity index (χ0v) is 13.3. The van der Waals surface area contributed by atoms with Gasteiger partial charge in [0.15, 0.2) is 6.10 Å². The number of ether oxygens (including phenoxy) is 1. The number of hydrogen-bond acceptors (Lipinski definition) is 4. The number of nitrogens with zero attached hydrogens (tertiary/aromatic N) is 1. The zero-order valence-electron chi connectivity index (χ0n) is 13.3. The molecule has 0 unspecified atom stereocenters. The fourth-order valence-corrected chi connectivity index (χ4v) is 2.41. The van der Waals surface area contributed by atoms with Crippen LogP contribution in [0.15, 0.2) is 36.9 Å². The number of carbonyl (C=O) groups is 3. The molecule has 0 spiro atoms. The summed E-state index contributed by atoms with van der Waals surface area (Å²) in [5, 5.41) is 2.52. The Hall–Kier alpha value is -2.70. The van der Waals surface area contributed by atoms with Gasteiger partial charge in [-0.2, -0.15) is 0 Å². The van der Waals surface area contributed by atoms with Crippen molar-refractivity contribution in [2.45, 2.75) is 19.4 Å². The Morgan fingerprint density at radius 3 is 2.88 bits per heavy atom. The van der Waals surface area contributed by atoms with E-state index in [0.29, 0.717) is 0 Å². The number of hydrogen-bond donors (Lipinski definition) is 1. The summed E-state index contributed by atoms with van der Waals surface area (Å²) in [6.07, 6.45) is 0.456. The summed E-state index contributed by atoms with van der Waals surface area (Å²) >= 11 is 0. The van der Waals surface area contributed by atoms with Crippen LogP contribution in [0.5, 0.6) is 0 Å². The lowest BCUT2D eigenvalue weighted by Gasteiger charge is -2.18. The normalized spacial score (nSPS) is 18.2. The Morgan fingerprint density at radius 1 is 1.50 bits per heavy atom. The molecule has 1 aliphatic heterocycles. The topological polar surface area (TPSA) is 75.7 Å². The molecule has 1 heterocycles. The standard InChI is InChI=1S/C17H19FN2O4/c1-3-8-19-16(22)11(2)24-17(23)12-9-15(21)20(10-12)14-7-5-4-6-13(14)18/h3-7,11-12H,1,8-10H2,2H3,(H,19,22)/t11-,12+/m0/s1. The first-order valence-electron chi connectivity index (χ1n) is 7.58. The molecule has 7 heteroatoms. The molecule has 128 valence electrons. The number of rotatable bonds is 6. The lowest BCUT2D eigenvalue weighted by Crippen LogP contribution is -2.37. The molecule has 6 nitrogen and oxygen atoms in total. The van der Waals surface area contributed by atoms with Gasteiger partial charge in [-0.25, -0.2) is 4.39 Å². The largest absolute Gasteiger partial charge is 0.452 e. The van der Waals surface area contributed by atoms with E-state index in [1.807, 2.05) is 0 Å². The monoisotopic (exact) mass is 334 g/mol. The first-order valence-corrected chi connectivity index (χ1v) is 7.58. The molecule has 2 rings (SSSR count). The molecule has 1 N–H and O–H groups in total. The van der Waals surface area contributed by atoms with Gasteiger partial charge in [0.1, 0.15) is 5.82 Å². The van der Waals surface area contributed by atoms with Crippen molar-refractivity contribution in [2.75, 3.05) is 18.0 Å². The van der Waals surface area contributed by atoms with E-state index in [1.54, 1.807) is 6.07 Å². The van der Waals surface area contributed by atoms with Gasteiger partial charge < -0.3 is 15.0 Å². The van der Waals surface area contributed by atoms with E-state index in [4.69, 9.17) is 4.74 Å². The maximum Gasteiger partial charge on any atom is 0.312 e. The van der Waals surface area contributed by atoms with Crippen LogP contribution in [-0.2, 0) is 19.1 Å². The van der Waals surface area contributed by atoms with Gasteiger partial charge in [-0.15, -0.1) is 6.58 Å². The summed E-state index contributed by atoms with van der Waals surface area (Å²) in [6.45, 7) is 5.21. The highest BCUT2D eigenvalue weighted by molar-refractivity contribution is 5.99. The van der Waals surface area contributed by atoms with Gasteiger partial charge in [0.05, 0.1) is 11.6 Å². The van der Waals surface area contributed by atoms with Gasteiger partial charge in [-0.05, 0) is 19.1 Å². The van der Waals surface area contributed by atoms with Crippen LogP contribution < -0.4 is 10.2 Å². The third kappa shape index (κ3) is 3.98. The molecule has 1 aromatic carbocycles. The third-order valence-corrected chi connectivity index (χ3v) is 3.68. The van der Waals surface area contributed by atoms with Crippen molar-refractivity contribution in [3.8, 4) is 0 Å². The highest BCUT2D eigenvalue weighted by Gasteiger charge is 2.38. The van der Waals surface area contributed by atoms with Crippen molar-refractivity contribution in [1.29, 1.82) is 0 Å². The van der Waals surface area contributed by atoms with Crippen molar-refractivity contribution in [3.05, 3.63) is 42.7 Å². The van der Waals surface area contributed by atoms with E-state index in [2.05, 4.69) is 11.9 Å². The Balaban J connectivity index is 1.98. The minimum absolute atomic E-state index is 0.0274. The predicted octanol–water partition coefficient (Wildman–Crippen LogP) is 1.41. The molecule has 0 saturated carbocycles. The second kappa shape index (κ2) is 7.72. The second-order valence-electron chi connectivity index (χ2n) is 5.47. The van der Waals surface area contributed by atoms with Gasteiger partial charge >= 0.3 is 5.97 Å². The van der Waals surface area contributed by atoms with Crippen LogP contribution in [0.4, 0.5) is 10.1 Å². The summed E-state index contributed by atoms with van der Waals surface area (Å²) in [4.78, 5) is 37.1. The molecule has 0 radical (unpaired) electrons. The van der Waals surface area contributed by atoms with Crippen LogP contribution in [0.1, 0.15) is 13.3 Å². The SMILES string of the molecule is C=CCNC(=O)[C@H](C)OC(=O)[C@@H]1CC(=O)N(c2ccccc2F)C1. The van der Waals surface area contributed by atoms with E-state index in [-0.39, 0.29) is 31.1 Å². The second-order valence-corrected chi connectivity index (χ2v) is 5.47. The molecular weight excluding hydrogens is 315 g/mol. The third-order valence-electron chi connectivity index (χ3n) is 3.68. The molecule has 1 fully saturated rings. The average Bonchev–Trinajstić information content (AvgIpc) is 2.94. The summed E-state index contributed by atoms with van der Waals surface area (Å²) in [7, 11) is 0. The Labute approximate surface area is 139 Å². The van der Waals surface area contributed by atoms with Crippen molar-refractivity contribution < 1.29 is 23.5 Å². The number of esters is 1. The van der Waals surface area contributed by atoms with Crippen molar-refractivity contribution in [1.82, 2.24) is 5.32 Å². The van der Waals surface area contributed by atoms with Gasteiger partial charge in [-0.3, -0.25) is 14.4 Å². The maximum absolute atomic E-state index is 13.8. The quantitative estimate of drug-likeness (QED) is 0.630. The molecule has 0 aliphatic carbocycles. The van der Waals surface area contributed by atoms with Gasteiger partial charge in [0.25, 0.3) is 5.91 Å². The van der Waals surface area contributed by atoms with Crippen molar-refractivity contribution in [3.63, 3.8) is 0 Å². The average molecular weight is 334 g/mol. The van der Waals surface area contributed by atoms with Crippen LogP contribution in [-0.4, -0.2) is 37.0 Å². The first-order chi connectivity index (χ1) is 11.4. The smallest absolute Gasteiger partial charge is 0.312 e. The highest BCUT2D eigenvalue weighted by Crippen LogP contribution is 2.28. The van der Waals surface area contributed by atoms with E-state index in [1.165, 1.54) is 36.1 Å². The Kier molecular flexibility index (Phi) is 5.68. The number of para-hydroxylation sites is 1. The Morgan fingerprint density at radius 2 is 2.21 bits per heavy atom. The number of halogens is 1. The summed E-state index contributed by atoms with van der Waals surface area (Å²) in [6, 6.07) is 5.87. The fraction of sp³-hybridized carbons (Fsp3) is 0.353. The minimum atomic E-state index is -0.977. The van der Waals surface area contributed by atoms with Crippen LogP contribution in [0.2, 0.25) is 0 Å². The summed E-state index contributed by atoms with van der Waals surface area (Å²) < 4.78 is 18.9. The van der Waals surface area contributed by atoms with Crippen LogP contribution >= 0.6 is 0 Å². The number of carbonyl (C=O) groups excluding carboxylic acids is 3. The van der Waals surface area contributed by atoms with E-state index >= 15 is 0 Å². The predicted molar refractivity (Wildman–Crippen MR) is 85.6 cm³/mol. The molecule has 1 saturated heterocycles. The van der Waals surface area contributed by atoms with E-state index in [0.717, 1.165) is 0 Å². The fourth-order valence-electron chi connectivity index (χ4n) is 2.41. The molecule has 1 aliphatic rings. The highest BCUT2D eigenvalue weighted by atomic mass is 19.1. The summed E-state index contributed by atoms with van der Waals surface area (Å²) in [5.74, 6) is -2.71. The number of nitrogens with one attached hydrogen (secondary N) is 1. The van der Waals surface area contributed by atoms with Crippen molar-refractivity contribution >= 4 is 23.5 Å². The lowest BCUT2D eigenvalue weighted by molar-refractivity contribution is -0.158. The number of anilines is 1. The van der Waals surface area contributed by atoms with Gasteiger partial charge in [0, 0.05) is 19.5 Å². The molecule has 0 aromatic heterocycles. The first kappa shape index (κ1) is 17.7. The van der Waals surface area contributed by atoms with E-state index < -0.39 is 29.7 Å². The number of benzene rings is 1.